The fourth-order valence-electron chi connectivity index (χ4n) is 2.42. The van der Waals surface area contributed by atoms with E-state index in [1.54, 1.807) is 18.2 Å². The summed E-state index contributed by atoms with van der Waals surface area (Å²) in [5, 5.41) is 0. The summed E-state index contributed by atoms with van der Waals surface area (Å²) in [4.78, 5) is 2.25. The standard InChI is InChI=1S/C14H20BrN5O4S2/c1-19(2)26(23,24)20-10-16-14(18-20,25(21,22)17-13-6-7-13)9-11-4-3-5-12(15)8-11/h3-5,8,10,13,17-18H,6-7,9H2,1-2H3. The van der Waals surface area contributed by atoms with Gasteiger partial charge in [0, 0.05) is 31.0 Å². The van der Waals surface area contributed by atoms with Crippen LogP contribution in [0.2, 0.25) is 0 Å². The Kier molecular flexibility index (Phi) is 5.18. The summed E-state index contributed by atoms with van der Waals surface area (Å²) < 4.78 is 55.8. The normalized spacial score (nSPS) is 23.8. The smallest absolute Gasteiger partial charge is 0.232 e. The predicted molar refractivity (Wildman–Crippen MR) is 102 cm³/mol. The summed E-state index contributed by atoms with van der Waals surface area (Å²) in [5.41, 5.74) is 3.27. The van der Waals surface area contributed by atoms with Crippen LogP contribution in [0.4, 0.5) is 0 Å². The molecule has 1 fully saturated rings. The molecule has 0 amide bonds. The Balaban J connectivity index is 1.97. The fraction of sp³-hybridized carbons (Fsp3) is 0.500. The summed E-state index contributed by atoms with van der Waals surface area (Å²) in [5.74, 6) is 0. The van der Waals surface area contributed by atoms with Crippen molar-refractivity contribution in [2.45, 2.75) is 30.3 Å². The Labute approximate surface area is 161 Å². The average molecular weight is 466 g/mol. The number of hydrogen-bond acceptors (Lipinski definition) is 6. The molecule has 144 valence electrons. The molecule has 1 aromatic rings. The van der Waals surface area contributed by atoms with Crippen LogP contribution in [0.15, 0.2) is 33.7 Å². The number of rotatable bonds is 7. The third-order valence-electron chi connectivity index (χ3n) is 4.04. The zero-order chi connectivity index (χ0) is 19.2. The summed E-state index contributed by atoms with van der Waals surface area (Å²) in [6, 6.07) is 7.01. The van der Waals surface area contributed by atoms with Crippen molar-refractivity contribution < 1.29 is 16.8 Å². The van der Waals surface area contributed by atoms with Crippen molar-refractivity contribution >= 4 is 42.5 Å². The van der Waals surface area contributed by atoms with Gasteiger partial charge < -0.3 is 0 Å². The van der Waals surface area contributed by atoms with E-state index in [0.717, 1.165) is 32.4 Å². The minimum atomic E-state index is -3.99. The lowest BCUT2D eigenvalue weighted by atomic mass is 10.1. The highest BCUT2D eigenvalue weighted by molar-refractivity contribution is 9.10. The molecule has 1 aliphatic carbocycles. The quantitative estimate of drug-likeness (QED) is 0.604. The van der Waals surface area contributed by atoms with Gasteiger partial charge in [0.05, 0.1) is 0 Å². The van der Waals surface area contributed by atoms with E-state index in [9.17, 15) is 16.8 Å². The highest BCUT2D eigenvalue weighted by Crippen LogP contribution is 2.30. The maximum Gasteiger partial charge on any atom is 0.318 e. The first-order valence-electron chi connectivity index (χ1n) is 7.87. The van der Waals surface area contributed by atoms with Crippen molar-refractivity contribution in [1.82, 2.24) is 18.9 Å². The van der Waals surface area contributed by atoms with Crippen LogP contribution in [0.5, 0.6) is 0 Å². The second-order valence-corrected chi connectivity index (χ2v) is 11.3. The van der Waals surface area contributed by atoms with E-state index in [1.807, 2.05) is 6.07 Å². The van der Waals surface area contributed by atoms with Gasteiger partial charge in [-0.15, -0.1) is 0 Å². The molecule has 1 aliphatic heterocycles. The Morgan fingerprint density at radius 3 is 2.62 bits per heavy atom. The SMILES string of the molecule is CN(C)S(=O)(=O)N1C=NC(Cc2cccc(Br)c2)(S(=O)(=O)NC2CC2)N1. The van der Waals surface area contributed by atoms with Gasteiger partial charge in [0.15, 0.2) is 0 Å². The lowest BCUT2D eigenvalue weighted by Crippen LogP contribution is -2.60. The number of nitrogens with one attached hydrogen (secondary N) is 2. The van der Waals surface area contributed by atoms with Gasteiger partial charge in [0.25, 0.3) is 10.0 Å². The lowest BCUT2D eigenvalue weighted by molar-refractivity contribution is 0.341. The van der Waals surface area contributed by atoms with Crippen molar-refractivity contribution in [2.24, 2.45) is 4.99 Å². The predicted octanol–water partition coefficient (Wildman–Crippen LogP) is 0.382. The molecule has 0 saturated heterocycles. The molecule has 1 saturated carbocycles. The Bertz CT molecular complexity index is 930. The minimum absolute atomic E-state index is 0.0373. The average Bonchev–Trinajstić information content (AvgIpc) is 3.22. The largest absolute Gasteiger partial charge is 0.318 e. The van der Waals surface area contributed by atoms with Gasteiger partial charge in [0.1, 0.15) is 6.34 Å². The van der Waals surface area contributed by atoms with Crippen LogP contribution in [-0.4, -0.2) is 57.0 Å². The molecule has 0 bridgehead atoms. The van der Waals surface area contributed by atoms with Gasteiger partial charge in [-0.25, -0.2) is 18.1 Å². The third-order valence-corrected chi connectivity index (χ3v) is 8.02. The van der Waals surface area contributed by atoms with Crippen LogP contribution in [0, 0.1) is 0 Å². The molecule has 12 heteroatoms. The molecule has 0 aromatic heterocycles. The zero-order valence-corrected chi connectivity index (χ0v) is 17.5. The van der Waals surface area contributed by atoms with E-state index >= 15 is 0 Å². The van der Waals surface area contributed by atoms with Gasteiger partial charge in [-0.1, -0.05) is 28.1 Å². The monoisotopic (exact) mass is 465 g/mol. The van der Waals surface area contributed by atoms with Gasteiger partial charge in [-0.3, -0.25) is 0 Å². The molecule has 1 unspecified atom stereocenters. The fourth-order valence-corrected chi connectivity index (χ4v) is 5.34. The third kappa shape index (κ3) is 3.80. The van der Waals surface area contributed by atoms with Crippen LogP contribution < -0.4 is 10.1 Å². The summed E-state index contributed by atoms with van der Waals surface area (Å²) in [7, 11) is -5.19. The first-order chi connectivity index (χ1) is 12.1. The number of hydrogen-bond donors (Lipinski definition) is 2. The first-order valence-corrected chi connectivity index (χ1v) is 11.5. The Hall–Kier alpha value is -1.05. The summed E-state index contributed by atoms with van der Waals surface area (Å²) in [6.07, 6.45) is 2.48. The maximum absolute atomic E-state index is 13.0. The number of sulfonamides is 1. The van der Waals surface area contributed by atoms with Crippen molar-refractivity contribution in [2.75, 3.05) is 14.1 Å². The lowest BCUT2D eigenvalue weighted by Gasteiger charge is -2.30. The van der Waals surface area contributed by atoms with Crippen LogP contribution in [-0.2, 0) is 26.7 Å². The molecular formula is C14H20BrN5O4S2. The van der Waals surface area contributed by atoms with E-state index in [0.29, 0.717) is 5.56 Å². The molecule has 1 aromatic carbocycles. The van der Waals surface area contributed by atoms with Gasteiger partial charge in [-0.2, -0.15) is 22.6 Å². The second-order valence-electron chi connectivity index (χ2n) is 6.43. The van der Waals surface area contributed by atoms with Crippen molar-refractivity contribution in [3.05, 3.63) is 34.3 Å². The van der Waals surface area contributed by atoms with Crippen molar-refractivity contribution in [3.8, 4) is 0 Å². The zero-order valence-electron chi connectivity index (χ0n) is 14.3. The topological polar surface area (TPSA) is 111 Å². The van der Waals surface area contributed by atoms with Gasteiger partial charge in [0.2, 0.25) is 4.99 Å². The van der Waals surface area contributed by atoms with E-state index < -0.39 is 25.2 Å². The molecule has 1 atom stereocenters. The van der Waals surface area contributed by atoms with Crippen LogP contribution in [0.25, 0.3) is 0 Å². The molecule has 0 spiro atoms. The highest BCUT2D eigenvalue weighted by atomic mass is 79.9. The molecule has 2 N–H and O–H groups in total. The van der Waals surface area contributed by atoms with E-state index in [4.69, 9.17) is 0 Å². The number of benzene rings is 1. The van der Waals surface area contributed by atoms with E-state index in [2.05, 4.69) is 31.1 Å². The van der Waals surface area contributed by atoms with Crippen LogP contribution in [0.1, 0.15) is 18.4 Å². The molecular weight excluding hydrogens is 446 g/mol. The van der Waals surface area contributed by atoms with Crippen LogP contribution in [0.3, 0.4) is 0 Å². The second kappa shape index (κ2) is 6.84. The Morgan fingerprint density at radius 2 is 2.04 bits per heavy atom. The van der Waals surface area contributed by atoms with E-state index in [1.165, 1.54) is 14.1 Å². The van der Waals surface area contributed by atoms with Crippen molar-refractivity contribution in [1.29, 1.82) is 0 Å². The number of aliphatic imine (C=N–C) groups is 1. The van der Waals surface area contributed by atoms with E-state index in [-0.39, 0.29) is 12.5 Å². The molecule has 9 nitrogen and oxygen atoms in total. The summed E-state index contributed by atoms with van der Waals surface area (Å²) in [6.45, 7) is 0. The van der Waals surface area contributed by atoms with Gasteiger partial charge in [-0.05, 0) is 30.5 Å². The van der Waals surface area contributed by atoms with Crippen molar-refractivity contribution in [3.63, 3.8) is 0 Å². The molecule has 2 aliphatic rings. The molecule has 1 heterocycles. The van der Waals surface area contributed by atoms with Crippen LogP contribution >= 0.6 is 15.9 Å². The Morgan fingerprint density at radius 1 is 1.35 bits per heavy atom. The van der Waals surface area contributed by atoms with Gasteiger partial charge >= 0.3 is 10.2 Å². The number of hydrazine groups is 1. The minimum Gasteiger partial charge on any atom is -0.232 e. The first kappa shape index (κ1) is 19.7. The molecule has 26 heavy (non-hydrogen) atoms. The molecule has 3 rings (SSSR count). The highest BCUT2D eigenvalue weighted by Gasteiger charge is 2.51. The number of halogens is 1. The number of nitrogens with zero attached hydrogens (tertiary/aromatic N) is 3. The maximum atomic E-state index is 13.0. The molecule has 0 radical (unpaired) electrons. The summed E-state index contributed by atoms with van der Waals surface area (Å²) >= 11 is 3.36.